The third-order valence-electron chi connectivity index (χ3n) is 2.04. The summed E-state index contributed by atoms with van der Waals surface area (Å²) in [5, 5.41) is 8.59. The first kappa shape index (κ1) is 13.2. The number of sulfone groups is 1. The zero-order valence-electron chi connectivity index (χ0n) is 9.13. The van der Waals surface area contributed by atoms with Crippen LogP contribution in [0.2, 0.25) is 0 Å². The van der Waals surface area contributed by atoms with Gasteiger partial charge in [0.1, 0.15) is 5.75 Å². The van der Waals surface area contributed by atoms with Gasteiger partial charge in [0, 0.05) is 6.26 Å². The molecule has 6 nitrogen and oxygen atoms in total. The van der Waals surface area contributed by atoms with Crippen molar-refractivity contribution in [3.05, 3.63) is 23.8 Å². The molecule has 0 atom stereocenters. The van der Waals surface area contributed by atoms with Gasteiger partial charge in [0.2, 0.25) is 0 Å². The number of ketones is 1. The molecule has 0 unspecified atom stereocenters. The molecule has 0 aliphatic carbocycles. The molecule has 7 heteroatoms. The molecule has 0 aliphatic rings. The third kappa shape index (κ3) is 2.82. The highest BCUT2D eigenvalue weighted by Crippen LogP contribution is 2.23. The van der Waals surface area contributed by atoms with Crippen molar-refractivity contribution in [1.82, 2.24) is 0 Å². The number of hydrogen-bond donors (Lipinski definition) is 1. The van der Waals surface area contributed by atoms with E-state index in [9.17, 15) is 18.0 Å². The molecule has 1 N–H and O–H groups in total. The van der Waals surface area contributed by atoms with Crippen LogP contribution in [0, 0.1) is 0 Å². The van der Waals surface area contributed by atoms with E-state index >= 15 is 0 Å². The molecule has 0 aromatic heterocycles. The number of carbonyl (C=O) groups excluding carboxylic acids is 1. The first-order chi connectivity index (χ1) is 7.77. The Morgan fingerprint density at radius 3 is 2.29 bits per heavy atom. The van der Waals surface area contributed by atoms with Crippen molar-refractivity contribution >= 4 is 21.6 Å². The largest absolute Gasteiger partial charge is 0.496 e. The molecule has 0 fully saturated rings. The van der Waals surface area contributed by atoms with Crippen molar-refractivity contribution in [2.75, 3.05) is 13.4 Å². The smallest absolute Gasteiger partial charge is 0.377 e. The maximum absolute atomic E-state index is 11.3. The van der Waals surface area contributed by atoms with E-state index in [1.54, 1.807) is 0 Å². The van der Waals surface area contributed by atoms with Gasteiger partial charge in [0.05, 0.1) is 17.6 Å². The number of rotatable bonds is 4. The molecule has 1 rings (SSSR count). The number of hydrogen-bond acceptors (Lipinski definition) is 5. The fraction of sp³-hybridized carbons (Fsp3) is 0.200. The highest BCUT2D eigenvalue weighted by molar-refractivity contribution is 7.90. The molecule has 0 saturated heterocycles. The van der Waals surface area contributed by atoms with Crippen LogP contribution in [-0.2, 0) is 14.6 Å². The highest BCUT2D eigenvalue weighted by atomic mass is 32.2. The van der Waals surface area contributed by atoms with Gasteiger partial charge in [-0.25, -0.2) is 13.2 Å². The van der Waals surface area contributed by atoms with Gasteiger partial charge in [0.25, 0.3) is 5.78 Å². The fourth-order valence-electron chi connectivity index (χ4n) is 1.21. The van der Waals surface area contributed by atoms with Crippen molar-refractivity contribution in [1.29, 1.82) is 0 Å². The zero-order chi connectivity index (χ0) is 13.2. The number of methoxy groups -OCH3 is 1. The van der Waals surface area contributed by atoms with Gasteiger partial charge >= 0.3 is 5.97 Å². The van der Waals surface area contributed by atoms with Crippen molar-refractivity contribution in [3.63, 3.8) is 0 Å². The summed E-state index contributed by atoms with van der Waals surface area (Å²) in [7, 11) is -2.25. The summed E-state index contributed by atoms with van der Waals surface area (Å²) in [6, 6.07) is 3.48. The van der Waals surface area contributed by atoms with Gasteiger partial charge < -0.3 is 9.84 Å². The Morgan fingerprint density at radius 2 is 1.88 bits per heavy atom. The lowest BCUT2D eigenvalue weighted by molar-refractivity contribution is -0.131. The number of carboxylic acids is 1. The number of carbonyl (C=O) groups is 2. The van der Waals surface area contributed by atoms with Crippen LogP contribution >= 0.6 is 0 Å². The second kappa shape index (κ2) is 4.54. The van der Waals surface area contributed by atoms with Crippen molar-refractivity contribution in [2.24, 2.45) is 0 Å². The first-order valence-corrected chi connectivity index (χ1v) is 6.32. The van der Waals surface area contributed by atoms with E-state index in [1.807, 2.05) is 0 Å². The van der Waals surface area contributed by atoms with E-state index in [4.69, 9.17) is 9.84 Å². The lowest BCUT2D eigenvalue weighted by Crippen LogP contribution is -2.14. The molecule has 17 heavy (non-hydrogen) atoms. The number of carboxylic acid groups (broad SMARTS) is 1. The standard InChI is InChI=1S/C10H10O6S/c1-16-8-4-3-6(17(2,14)15)5-7(8)9(11)10(12)13/h3-5H,1-2H3,(H,12,13). The highest BCUT2D eigenvalue weighted by Gasteiger charge is 2.21. The summed E-state index contributed by atoms with van der Waals surface area (Å²) < 4.78 is 27.4. The Labute approximate surface area is 97.7 Å². The van der Waals surface area contributed by atoms with E-state index in [1.165, 1.54) is 19.2 Å². The Bertz CT molecular complexity index is 572. The van der Waals surface area contributed by atoms with Gasteiger partial charge in [0.15, 0.2) is 9.84 Å². The minimum Gasteiger partial charge on any atom is -0.496 e. The van der Waals surface area contributed by atoms with Crippen LogP contribution in [0.3, 0.4) is 0 Å². The molecule has 92 valence electrons. The van der Waals surface area contributed by atoms with Crippen molar-refractivity contribution in [2.45, 2.75) is 4.90 Å². The van der Waals surface area contributed by atoms with E-state index in [2.05, 4.69) is 0 Å². The minimum absolute atomic E-state index is 0.0183. The predicted molar refractivity (Wildman–Crippen MR) is 58.1 cm³/mol. The zero-order valence-corrected chi connectivity index (χ0v) is 9.95. The molecular weight excluding hydrogens is 248 g/mol. The van der Waals surface area contributed by atoms with Crippen LogP contribution in [-0.4, -0.2) is 38.6 Å². The third-order valence-corrected chi connectivity index (χ3v) is 3.15. The van der Waals surface area contributed by atoms with Gasteiger partial charge in [-0.05, 0) is 18.2 Å². The van der Waals surface area contributed by atoms with E-state index < -0.39 is 21.6 Å². The van der Waals surface area contributed by atoms with Crippen molar-refractivity contribution in [3.8, 4) is 5.75 Å². The van der Waals surface area contributed by atoms with Gasteiger partial charge in [-0.15, -0.1) is 0 Å². The summed E-state index contributed by atoms with van der Waals surface area (Å²) in [6.07, 6.45) is 0.962. The van der Waals surface area contributed by atoms with E-state index in [0.717, 1.165) is 12.3 Å². The van der Waals surface area contributed by atoms with E-state index in [-0.39, 0.29) is 16.2 Å². The number of aliphatic carboxylic acids is 1. The summed E-state index contributed by atoms with van der Waals surface area (Å²) in [5.41, 5.74) is -0.289. The van der Waals surface area contributed by atoms with Crippen LogP contribution in [0.15, 0.2) is 23.1 Å². The minimum atomic E-state index is -3.51. The molecule has 0 radical (unpaired) electrons. The monoisotopic (exact) mass is 258 g/mol. The van der Waals surface area contributed by atoms with Crippen LogP contribution in [0.1, 0.15) is 10.4 Å². The molecule has 0 bridgehead atoms. The Kier molecular flexibility index (Phi) is 3.52. The molecule has 0 heterocycles. The first-order valence-electron chi connectivity index (χ1n) is 4.43. The average Bonchev–Trinajstić information content (AvgIpc) is 2.25. The van der Waals surface area contributed by atoms with Crippen LogP contribution in [0.25, 0.3) is 0 Å². The lowest BCUT2D eigenvalue weighted by atomic mass is 10.1. The lowest BCUT2D eigenvalue weighted by Gasteiger charge is -2.07. The maximum atomic E-state index is 11.3. The summed E-state index contributed by atoms with van der Waals surface area (Å²) >= 11 is 0. The number of ether oxygens (including phenoxy) is 1. The van der Waals surface area contributed by atoms with E-state index in [0.29, 0.717) is 0 Å². The second-order valence-corrected chi connectivity index (χ2v) is 5.28. The normalized spacial score (nSPS) is 10.9. The summed E-state index contributed by atoms with van der Waals surface area (Å²) in [4.78, 5) is 21.8. The quantitative estimate of drug-likeness (QED) is 0.618. The Balaban J connectivity index is 3.45. The average molecular weight is 258 g/mol. The fourth-order valence-corrected chi connectivity index (χ4v) is 1.86. The van der Waals surface area contributed by atoms with Gasteiger partial charge in [-0.1, -0.05) is 0 Å². The Morgan fingerprint density at radius 1 is 1.29 bits per heavy atom. The number of Topliss-reactive ketones (excluding diaryl/α,β-unsaturated/α-hetero) is 1. The summed E-state index contributed by atoms with van der Waals surface area (Å²) in [5.74, 6) is -2.87. The Hall–Kier alpha value is -1.89. The topological polar surface area (TPSA) is 97.7 Å². The van der Waals surface area contributed by atoms with Crippen LogP contribution in [0.5, 0.6) is 5.75 Å². The molecule has 0 aliphatic heterocycles. The molecule has 1 aromatic rings. The molecule has 0 spiro atoms. The van der Waals surface area contributed by atoms with Crippen molar-refractivity contribution < 1.29 is 27.9 Å². The SMILES string of the molecule is COc1ccc(S(C)(=O)=O)cc1C(=O)C(=O)O. The van der Waals surface area contributed by atoms with Gasteiger partial charge in [-0.3, -0.25) is 4.79 Å². The maximum Gasteiger partial charge on any atom is 0.377 e. The van der Waals surface area contributed by atoms with Crippen LogP contribution < -0.4 is 4.74 Å². The molecular formula is C10H10O6S. The summed E-state index contributed by atoms with van der Waals surface area (Å²) in [6.45, 7) is 0. The second-order valence-electron chi connectivity index (χ2n) is 3.27. The molecule has 1 aromatic carbocycles. The van der Waals surface area contributed by atoms with Crippen LogP contribution in [0.4, 0.5) is 0 Å². The predicted octanol–water partition coefficient (Wildman–Crippen LogP) is 0.366. The number of benzene rings is 1. The molecule has 0 amide bonds. The van der Waals surface area contributed by atoms with Gasteiger partial charge in [-0.2, -0.15) is 0 Å². The molecule has 0 saturated carbocycles.